The van der Waals surface area contributed by atoms with Crippen molar-refractivity contribution in [3.63, 3.8) is 0 Å². The molecule has 1 fully saturated rings. The summed E-state index contributed by atoms with van der Waals surface area (Å²) < 4.78 is 69.6. The normalized spacial score (nSPS) is 22.5. The quantitative estimate of drug-likeness (QED) is 0.641. The molecule has 1 saturated carbocycles. The Labute approximate surface area is 142 Å². The van der Waals surface area contributed by atoms with E-state index in [2.05, 4.69) is 5.16 Å². The fraction of sp³-hybridized carbons (Fsp3) is 0.333. The Morgan fingerprint density at radius 1 is 1.28 bits per heavy atom. The van der Waals surface area contributed by atoms with Gasteiger partial charge in [0.2, 0.25) is 5.76 Å². The van der Waals surface area contributed by atoms with Crippen LogP contribution in [0.4, 0.5) is 22.0 Å². The average Bonchev–Trinajstić information content (AvgIpc) is 2.96. The van der Waals surface area contributed by atoms with Gasteiger partial charge >= 0.3 is 6.18 Å². The van der Waals surface area contributed by atoms with Gasteiger partial charge in [0.1, 0.15) is 11.1 Å². The van der Waals surface area contributed by atoms with Gasteiger partial charge in [-0.2, -0.15) is 13.2 Å². The zero-order valence-electron chi connectivity index (χ0n) is 12.3. The zero-order valence-corrected chi connectivity index (χ0v) is 13.0. The first-order chi connectivity index (χ1) is 11.5. The van der Waals surface area contributed by atoms with Crippen molar-refractivity contribution in [2.45, 2.75) is 29.8 Å². The van der Waals surface area contributed by atoms with Crippen LogP contribution in [0.2, 0.25) is 0 Å². The summed E-state index contributed by atoms with van der Waals surface area (Å²) in [5, 5.41) is 2.03. The third-order valence-electron chi connectivity index (χ3n) is 4.06. The number of rotatable bonds is 3. The summed E-state index contributed by atoms with van der Waals surface area (Å²) in [5.74, 6) is -5.54. The molecule has 2 unspecified atom stereocenters. The molecule has 134 valence electrons. The molecule has 4 nitrogen and oxygen atoms in total. The van der Waals surface area contributed by atoms with Gasteiger partial charge in [-0.3, -0.25) is 4.79 Å². The molecular formula is C15H10ClF5N2O2. The molecule has 0 saturated heterocycles. The van der Waals surface area contributed by atoms with Gasteiger partial charge in [0.25, 0.3) is 11.8 Å². The minimum absolute atomic E-state index is 0.0156. The molecule has 25 heavy (non-hydrogen) atoms. The summed E-state index contributed by atoms with van der Waals surface area (Å²) in [4.78, 5) is 11.5. The van der Waals surface area contributed by atoms with Crippen LogP contribution in [0.5, 0.6) is 0 Å². The highest BCUT2D eigenvalue weighted by atomic mass is 35.5. The standard InChI is InChI=1S/C15H10ClF5N2O2/c16-12-8(5-14(12,17)18)9-10(23-25-11(9)13(22)24)6-1-3-7(4-2-6)15(19,20)21/h1-4,8,12H,5H2,(H2,22,24). The minimum atomic E-state index is -4.53. The molecule has 1 aliphatic carbocycles. The number of carbonyl (C=O) groups is 1. The van der Waals surface area contributed by atoms with Crippen LogP contribution < -0.4 is 5.73 Å². The molecule has 3 rings (SSSR count). The first-order valence-corrected chi connectivity index (χ1v) is 7.45. The van der Waals surface area contributed by atoms with Gasteiger partial charge in [0.15, 0.2) is 0 Å². The number of hydrogen-bond donors (Lipinski definition) is 1. The molecule has 1 aromatic carbocycles. The van der Waals surface area contributed by atoms with Crippen molar-refractivity contribution in [1.29, 1.82) is 0 Å². The Bertz CT molecular complexity index is 816. The molecule has 0 spiro atoms. The van der Waals surface area contributed by atoms with Crippen molar-refractivity contribution in [3.8, 4) is 11.3 Å². The molecule has 1 heterocycles. The summed E-state index contributed by atoms with van der Waals surface area (Å²) in [6.07, 6.45) is -5.17. The number of alkyl halides is 6. The molecule has 2 atom stereocenters. The van der Waals surface area contributed by atoms with Crippen molar-refractivity contribution < 1.29 is 31.3 Å². The van der Waals surface area contributed by atoms with Crippen LogP contribution in [0.25, 0.3) is 11.3 Å². The third kappa shape index (κ3) is 2.97. The van der Waals surface area contributed by atoms with Gasteiger partial charge in [-0.05, 0) is 12.1 Å². The van der Waals surface area contributed by atoms with Crippen LogP contribution >= 0.6 is 11.6 Å². The first-order valence-electron chi connectivity index (χ1n) is 7.01. The number of nitrogens with two attached hydrogens (primary N) is 1. The monoisotopic (exact) mass is 380 g/mol. The van der Waals surface area contributed by atoms with Crippen molar-refractivity contribution in [3.05, 3.63) is 41.2 Å². The number of primary amides is 1. The largest absolute Gasteiger partial charge is 0.416 e. The fourth-order valence-corrected chi connectivity index (χ4v) is 3.04. The molecule has 10 heteroatoms. The Morgan fingerprint density at radius 3 is 2.32 bits per heavy atom. The SMILES string of the molecule is NC(=O)c1onc(-c2ccc(C(F)(F)F)cc2)c1C1CC(F)(F)C1Cl. The number of halogens is 6. The van der Waals surface area contributed by atoms with E-state index in [-0.39, 0.29) is 16.8 Å². The van der Waals surface area contributed by atoms with Crippen LogP contribution in [0.3, 0.4) is 0 Å². The maximum atomic E-state index is 13.4. The van der Waals surface area contributed by atoms with Crippen LogP contribution in [-0.2, 0) is 6.18 Å². The van der Waals surface area contributed by atoms with E-state index in [0.29, 0.717) is 0 Å². The molecule has 2 aromatic rings. The van der Waals surface area contributed by atoms with Crippen molar-refractivity contribution in [2.75, 3.05) is 0 Å². The lowest BCUT2D eigenvalue weighted by Crippen LogP contribution is -2.47. The van der Waals surface area contributed by atoms with Crippen molar-refractivity contribution >= 4 is 17.5 Å². The van der Waals surface area contributed by atoms with Crippen LogP contribution in [-0.4, -0.2) is 22.4 Å². The molecule has 0 bridgehead atoms. The van der Waals surface area contributed by atoms with Gasteiger partial charge in [0, 0.05) is 23.5 Å². The van der Waals surface area contributed by atoms with Crippen LogP contribution in [0.1, 0.15) is 34.0 Å². The number of aromatic nitrogens is 1. The van der Waals surface area contributed by atoms with Gasteiger partial charge in [-0.1, -0.05) is 17.3 Å². The Balaban J connectivity index is 2.04. The molecule has 1 aromatic heterocycles. The van der Waals surface area contributed by atoms with Crippen molar-refractivity contribution in [1.82, 2.24) is 5.16 Å². The Kier molecular flexibility index (Phi) is 4.02. The van der Waals surface area contributed by atoms with Gasteiger partial charge < -0.3 is 10.3 Å². The van der Waals surface area contributed by atoms with Crippen LogP contribution in [0.15, 0.2) is 28.8 Å². The number of nitrogens with zero attached hydrogens (tertiary/aromatic N) is 1. The lowest BCUT2D eigenvalue weighted by molar-refractivity contribution is -0.137. The Morgan fingerprint density at radius 2 is 1.88 bits per heavy atom. The summed E-state index contributed by atoms with van der Waals surface area (Å²) >= 11 is 5.70. The van der Waals surface area contributed by atoms with E-state index in [9.17, 15) is 26.7 Å². The smallest absolute Gasteiger partial charge is 0.363 e. The second-order valence-corrected chi connectivity index (χ2v) is 6.16. The summed E-state index contributed by atoms with van der Waals surface area (Å²) in [7, 11) is 0. The number of amides is 1. The van der Waals surface area contributed by atoms with Gasteiger partial charge in [-0.15, -0.1) is 11.6 Å². The minimum Gasteiger partial charge on any atom is -0.363 e. The molecule has 1 aliphatic rings. The molecule has 0 aliphatic heterocycles. The van der Waals surface area contributed by atoms with Crippen LogP contribution in [0, 0.1) is 0 Å². The Hall–Kier alpha value is -2.16. The summed E-state index contributed by atoms with van der Waals surface area (Å²) in [6.45, 7) is 0. The second kappa shape index (κ2) is 5.69. The third-order valence-corrected chi connectivity index (χ3v) is 4.68. The van der Waals surface area contributed by atoms with E-state index in [1.807, 2.05) is 0 Å². The second-order valence-electron chi connectivity index (χ2n) is 5.69. The number of benzene rings is 1. The highest BCUT2D eigenvalue weighted by Crippen LogP contribution is 2.54. The maximum Gasteiger partial charge on any atom is 0.416 e. The predicted octanol–water partition coefficient (Wildman–Crippen LogP) is 4.19. The number of hydrogen-bond acceptors (Lipinski definition) is 3. The van der Waals surface area contributed by atoms with Gasteiger partial charge in [-0.25, -0.2) is 8.78 Å². The fourth-order valence-electron chi connectivity index (χ4n) is 2.74. The van der Waals surface area contributed by atoms with E-state index in [1.165, 1.54) is 0 Å². The highest BCUT2D eigenvalue weighted by molar-refractivity contribution is 6.22. The van der Waals surface area contributed by atoms with Gasteiger partial charge in [0.05, 0.1) is 5.56 Å². The van der Waals surface area contributed by atoms with E-state index >= 15 is 0 Å². The summed E-state index contributed by atoms with van der Waals surface area (Å²) in [6, 6.07) is 3.83. The molecule has 0 radical (unpaired) electrons. The average molecular weight is 381 g/mol. The topological polar surface area (TPSA) is 69.1 Å². The van der Waals surface area contributed by atoms with E-state index < -0.39 is 47.0 Å². The van der Waals surface area contributed by atoms with Crippen molar-refractivity contribution in [2.24, 2.45) is 5.73 Å². The highest BCUT2D eigenvalue weighted by Gasteiger charge is 2.57. The molecule has 1 amide bonds. The maximum absolute atomic E-state index is 13.4. The predicted molar refractivity (Wildman–Crippen MR) is 77.4 cm³/mol. The zero-order chi connectivity index (χ0) is 18.6. The first kappa shape index (κ1) is 17.7. The number of carbonyl (C=O) groups excluding carboxylic acids is 1. The molecule has 2 N–H and O–H groups in total. The summed E-state index contributed by atoms with van der Waals surface area (Å²) in [5.41, 5.74) is 4.39. The van der Waals surface area contributed by atoms with E-state index in [4.69, 9.17) is 21.9 Å². The van der Waals surface area contributed by atoms with E-state index in [0.717, 1.165) is 24.3 Å². The van der Waals surface area contributed by atoms with E-state index in [1.54, 1.807) is 0 Å². The lowest BCUT2D eigenvalue weighted by atomic mass is 9.74. The molecular weight excluding hydrogens is 371 g/mol. The lowest BCUT2D eigenvalue weighted by Gasteiger charge is -2.40.